The van der Waals surface area contributed by atoms with E-state index in [4.69, 9.17) is 0 Å². The molecule has 1 rings (SSSR count). The molecule has 1 aromatic heterocycles. The maximum Gasteiger partial charge on any atom is 0.282 e. The zero-order valence-electron chi connectivity index (χ0n) is 10.1. The highest BCUT2D eigenvalue weighted by molar-refractivity contribution is 7.78. The van der Waals surface area contributed by atoms with Crippen molar-refractivity contribution in [3.63, 3.8) is 0 Å². The van der Waals surface area contributed by atoms with E-state index in [2.05, 4.69) is 34.4 Å². The summed E-state index contributed by atoms with van der Waals surface area (Å²) in [7, 11) is 1.60. The molecule has 3 nitrogen and oxygen atoms in total. The number of nitrogens with zero attached hydrogens (tertiary/aromatic N) is 3. The molecule has 0 amide bonds. The van der Waals surface area contributed by atoms with E-state index in [0.717, 1.165) is 13.0 Å². The van der Waals surface area contributed by atoms with Gasteiger partial charge in [-0.1, -0.05) is 19.8 Å². The van der Waals surface area contributed by atoms with Gasteiger partial charge in [0.05, 0.1) is 5.16 Å². The molecule has 6 heteroatoms. The highest BCUT2D eigenvalue weighted by Gasteiger charge is 2.08. The molecule has 0 aliphatic heterocycles. The normalized spacial score (nSPS) is 9.47. The third-order valence-electron chi connectivity index (χ3n) is 1.90. The van der Waals surface area contributed by atoms with Crippen molar-refractivity contribution >= 4 is 17.4 Å². The average molecular weight is 261 g/mol. The lowest BCUT2D eigenvalue weighted by Gasteiger charge is -1.88. The smallest absolute Gasteiger partial charge is 0.275 e. The Kier molecular flexibility index (Phi) is 9.38. The Morgan fingerprint density at radius 1 is 1.53 bits per heavy atom. The van der Waals surface area contributed by atoms with Crippen LogP contribution in [-0.4, -0.2) is 21.5 Å². The summed E-state index contributed by atoms with van der Waals surface area (Å²) in [6.45, 7) is 3.03. The minimum atomic E-state index is -2.45. The SMILES string of the molecule is CCCCCN=C=S.Cn1ccc(C(F)F)n1. The fraction of sp³-hybridized carbons (Fsp3) is 0.636. The molecule has 1 aromatic rings. The number of aryl methyl sites for hydroxylation is 1. The highest BCUT2D eigenvalue weighted by atomic mass is 32.1. The molecule has 1 heterocycles. The number of aromatic nitrogens is 2. The fourth-order valence-corrected chi connectivity index (χ4v) is 1.13. The summed E-state index contributed by atoms with van der Waals surface area (Å²) in [4.78, 5) is 3.77. The molecule has 0 unspecified atom stereocenters. The topological polar surface area (TPSA) is 30.2 Å². The van der Waals surface area contributed by atoms with E-state index in [1.807, 2.05) is 0 Å². The standard InChI is InChI=1S/C6H11NS.C5H6F2N2/c1-2-3-4-5-7-6-8;1-9-3-2-4(8-9)5(6)7/h2-5H2,1H3;2-3,5H,1H3. The molecule has 96 valence electrons. The molecular formula is C11H17F2N3S. The van der Waals surface area contributed by atoms with Gasteiger partial charge in [0.25, 0.3) is 6.43 Å². The summed E-state index contributed by atoms with van der Waals surface area (Å²) in [5, 5.41) is 5.81. The van der Waals surface area contributed by atoms with Crippen LogP contribution in [0.1, 0.15) is 38.3 Å². The Labute approximate surface area is 106 Å². The van der Waals surface area contributed by atoms with Crippen LogP contribution in [0.15, 0.2) is 17.3 Å². The van der Waals surface area contributed by atoms with E-state index in [0.29, 0.717) is 0 Å². The average Bonchev–Trinajstić information content (AvgIpc) is 2.73. The van der Waals surface area contributed by atoms with Crippen LogP contribution in [0.5, 0.6) is 0 Å². The number of isothiocyanates is 1. The molecule has 0 aliphatic carbocycles. The van der Waals surface area contributed by atoms with E-state index in [-0.39, 0.29) is 5.69 Å². The van der Waals surface area contributed by atoms with E-state index >= 15 is 0 Å². The Hall–Kier alpha value is -1.13. The van der Waals surface area contributed by atoms with Gasteiger partial charge in [-0.05, 0) is 24.7 Å². The van der Waals surface area contributed by atoms with Crippen LogP contribution in [0.3, 0.4) is 0 Å². The number of hydrogen-bond donors (Lipinski definition) is 0. The molecular weight excluding hydrogens is 244 g/mol. The number of rotatable bonds is 5. The summed E-state index contributed by atoms with van der Waals surface area (Å²) in [6.07, 6.45) is 2.68. The van der Waals surface area contributed by atoms with Crippen molar-refractivity contribution in [1.29, 1.82) is 0 Å². The largest absolute Gasteiger partial charge is 0.282 e. The molecule has 0 bridgehead atoms. The Bertz CT molecular complexity index is 346. The maximum atomic E-state index is 11.7. The van der Waals surface area contributed by atoms with Crippen LogP contribution in [0.4, 0.5) is 8.78 Å². The highest BCUT2D eigenvalue weighted by Crippen LogP contribution is 2.14. The second kappa shape index (κ2) is 10.1. The van der Waals surface area contributed by atoms with Gasteiger partial charge in [0.15, 0.2) is 0 Å². The summed E-state index contributed by atoms with van der Waals surface area (Å²) in [6, 6.07) is 1.30. The van der Waals surface area contributed by atoms with Crippen molar-refractivity contribution in [3.05, 3.63) is 18.0 Å². The van der Waals surface area contributed by atoms with Crippen LogP contribution in [0.2, 0.25) is 0 Å². The molecule has 0 saturated heterocycles. The van der Waals surface area contributed by atoms with Gasteiger partial charge < -0.3 is 0 Å². The van der Waals surface area contributed by atoms with Crippen molar-refractivity contribution in [2.45, 2.75) is 32.6 Å². The molecule has 0 saturated carbocycles. The number of halogens is 2. The van der Waals surface area contributed by atoms with E-state index in [9.17, 15) is 8.78 Å². The number of hydrogen-bond acceptors (Lipinski definition) is 3. The molecule has 0 aromatic carbocycles. The minimum absolute atomic E-state index is 0.169. The first-order chi connectivity index (χ1) is 8.11. The molecule has 0 spiro atoms. The van der Waals surface area contributed by atoms with Crippen LogP contribution in [-0.2, 0) is 7.05 Å². The first-order valence-corrected chi connectivity index (χ1v) is 5.84. The fourth-order valence-electron chi connectivity index (χ4n) is 1.04. The predicted molar refractivity (Wildman–Crippen MR) is 67.6 cm³/mol. The van der Waals surface area contributed by atoms with Crippen LogP contribution < -0.4 is 0 Å². The minimum Gasteiger partial charge on any atom is -0.275 e. The zero-order valence-corrected chi connectivity index (χ0v) is 10.9. The molecule has 0 atom stereocenters. The summed E-state index contributed by atoms with van der Waals surface area (Å²) < 4.78 is 24.8. The molecule has 0 aliphatic rings. The first kappa shape index (κ1) is 15.9. The van der Waals surface area contributed by atoms with Gasteiger partial charge in [0, 0.05) is 19.8 Å². The van der Waals surface area contributed by atoms with Crippen molar-refractivity contribution in [3.8, 4) is 0 Å². The van der Waals surface area contributed by atoms with Crippen LogP contribution >= 0.6 is 12.2 Å². The maximum absolute atomic E-state index is 11.7. The number of thiocarbonyl (C=S) groups is 1. The lowest BCUT2D eigenvalue weighted by Crippen LogP contribution is -1.90. The first-order valence-electron chi connectivity index (χ1n) is 5.43. The molecule has 0 fully saturated rings. The van der Waals surface area contributed by atoms with Crippen molar-refractivity contribution in [2.24, 2.45) is 12.0 Å². The van der Waals surface area contributed by atoms with E-state index in [1.54, 1.807) is 7.05 Å². The van der Waals surface area contributed by atoms with Gasteiger partial charge in [0.2, 0.25) is 0 Å². The lowest BCUT2D eigenvalue weighted by molar-refractivity contribution is 0.145. The van der Waals surface area contributed by atoms with Crippen molar-refractivity contribution in [1.82, 2.24) is 9.78 Å². The Morgan fingerprint density at radius 3 is 2.59 bits per heavy atom. The molecule has 0 N–H and O–H groups in total. The third kappa shape index (κ3) is 8.65. The molecule has 0 radical (unpaired) electrons. The van der Waals surface area contributed by atoms with Crippen LogP contribution in [0.25, 0.3) is 0 Å². The quantitative estimate of drug-likeness (QED) is 0.460. The summed E-state index contributed by atoms with van der Waals surface area (Å²) >= 11 is 4.38. The van der Waals surface area contributed by atoms with Gasteiger partial charge >= 0.3 is 0 Å². The third-order valence-corrected chi connectivity index (χ3v) is 2.02. The van der Waals surface area contributed by atoms with Crippen molar-refractivity contribution in [2.75, 3.05) is 6.54 Å². The summed E-state index contributed by atoms with van der Waals surface area (Å²) in [5.41, 5.74) is -0.169. The summed E-state index contributed by atoms with van der Waals surface area (Å²) in [5.74, 6) is 0. The predicted octanol–water partition coefficient (Wildman–Crippen LogP) is 3.64. The van der Waals surface area contributed by atoms with Gasteiger partial charge in [-0.15, -0.1) is 0 Å². The van der Waals surface area contributed by atoms with Gasteiger partial charge in [0.1, 0.15) is 5.69 Å². The van der Waals surface area contributed by atoms with Crippen LogP contribution in [0, 0.1) is 0 Å². The van der Waals surface area contributed by atoms with Crippen molar-refractivity contribution < 1.29 is 8.78 Å². The Balaban J connectivity index is 0.000000304. The Morgan fingerprint density at radius 2 is 2.24 bits per heavy atom. The second-order valence-corrected chi connectivity index (χ2v) is 3.58. The van der Waals surface area contributed by atoms with E-state index in [1.165, 1.54) is 29.8 Å². The number of unbranched alkanes of at least 4 members (excludes halogenated alkanes) is 2. The second-order valence-electron chi connectivity index (χ2n) is 3.40. The van der Waals surface area contributed by atoms with Gasteiger partial charge in [-0.3, -0.25) is 4.68 Å². The van der Waals surface area contributed by atoms with E-state index < -0.39 is 6.43 Å². The van der Waals surface area contributed by atoms with Gasteiger partial charge in [-0.2, -0.15) is 5.10 Å². The monoisotopic (exact) mass is 261 g/mol. The lowest BCUT2D eigenvalue weighted by atomic mass is 10.3. The number of aliphatic imine (C=N–C) groups is 1. The number of alkyl halides is 2. The molecule has 17 heavy (non-hydrogen) atoms. The van der Waals surface area contributed by atoms with Gasteiger partial charge in [-0.25, -0.2) is 13.8 Å². The zero-order chi connectivity index (χ0) is 13.1.